The highest BCUT2D eigenvalue weighted by Crippen LogP contribution is 2.33. The predicted octanol–water partition coefficient (Wildman–Crippen LogP) is 6.49. The molecule has 0 radical (unpaired) electrons. The van der Waals surface area contributed by atoms with Crippen LogP contribution in [0.5, 0.6) is 5.75 Å². The van der Waals surface area contributed by atoms with Crippen LogP contribution in [-0.2, 0) is 0 Å². The number of methoxy groups -OCH3 is 1. The van der Waals surface area contributed by atoms with Crippen molar-refractivity contribution >= 4 is 32.5 Å². The number of hydrogen-bond acceptors (Lipinski definition) is 5. The number of fused-ring (bicyclic) bond motifs is 1. The number of anilines is 1. The van der Waals surface area contributed by atoms with Crippen LogP contribution in [0.4, 0.5) is 9.52 Å². The van der Waals surface area contributed by atoms with Gasteiger partial charge in [-0.3, -0.25) is 4.79 Å². The van der Waals surface area contributed by atoms with E-state index in [0.717, 1.165) is 27.1 Å². The number of nitrogens with one attached hydrogen (secondary N) is 1. The summed E-state index contributed by atoms with van der Waals surface area (Å²) in [5.41, 5.74) is 4.07. The van der Waals surface area contributed by atoms with Crippen molar-refractivity contribution in [2.45, 2.75) is 26.3 Å². The SMILES string of the molecule is COc1ccc2nc(NC(CC(=O)c3ccc(C)c(C)c3)c3ccccc3F)sc2c1. The Kier molecular flexibility index (Phi) is 6.00. The van der Waals surface area contributed by atoms with Gasteiger partial charge in [-0.2, -0.15) is 0 Å². The number of Topliss-reactive ketones (excluding diaryl/α,β-unsaturated/α-hetero) is 1. The highest BCUT2D eigenvalue weighted by molar-refractivity contribution is 7.22. The van der Waals surface area contributed by atoms with E-state index in [1.165, 1.54) is 17.4 Å². The van der Waals surface area contributed by atoms with Gasteiger partial charge in [0.15, 0.2) is 10.9 Å². The zero-order valence-corrected chi connectivity index (χ0v) is 18.4. The third-order valence-corrected chi connectivity index (χ3v) is 6.34. The number of rotatable bonds is 7. The average Bonchev–Trinajstić information content (AvgIpc) is 3.16. The maximum atomic E-state index is 14.6. The van der Waals surface area contributed by atoms with Crippen LogP contribution in [0.25, 0.3) is 10.2 Å². The molecule has 0 bridgehead atoms. The van der Waals surface area contributed by atoms with Gasteiger partial charge < -0.3 is 10.1 Å². The van der Waals surface area contributed by atoms with Crippen LogP contribution in [0.1, 0.15) is 39.5 Å². The average molecular weight is 435 g/mol. The molecular formula is C25H23FN2O2S. The lowest BCUT2D eigenvalue weighted by atomic mass is 9.96. The second kappa shape index (κ2) is 8.86. The van der Waals surface area contributed by atoms with E-state index in [-0.39, 0.29) is 18.0 Å². The van der Waals surface area contributed by atoms with Gasteiger partial charge in [-0.25, -0.2) is 9.37 Å². The van der Waals surface area contributed by atoms with Gasteiger partial charge in [0.1, 0.15) is 11.6 Å². The monoisotopic (exact) mass is 434 g/mol. The van der Waals surface area contributed by atoms with Crippen LogP contribution in [0.2, 0.25) is 0 Å². The minimum absolute atomic E-state index is 0.0494. The standard InChI is InChI=1S/C25H23FN2O2S/c1-15-8-9-17(12-16(15)2)23(29)14-22(19-6-4-5-7-20(19)26)28-25-27-21-11-10-18(30-3)13-24(21)31-25/h4-13,22H,14H2,1-3H3,(H,27,28). The molecule has 3 aromatic carbocycles. The Hall–Kier alpha value is -3.25. The highest BCUT2D eigenvalue weighted by atomic mass is 32.1. The molecule has 31 heavy (non-hydrogen) atoms. The fourth-order valence-corrected chi connectivity index (χ4v) is 4.40. The molecule has 1 atom stereocenters. The number of ether oxygens (including phenoxy) is 1. The fourth-order valence-electron chi connectivity index (χ4n) is 3.46. The first-order valence-corrected chi connectivity index (χ1v) is 10.8. The van der Waals surface area contributed by atoms with Gasteiger partial charge in [-0.05, 0) is 55.3 Å². The third kappa shape index (κ3) is 4.59. The van der Waals surface area contributed by atoms with Gasteiger partial charge in [0, 0.05) is 17.5 Å². The van der Waals surface area contributed by atoms with Gasteiger partial charge >= 0.3 is 0 Å². The molecule has 0 aliphatic rings. The number of carbonyl (C=O) groups excluding carboxylic acids is 1. The van der Waals surface area contributed by atoms with Crippen molar-refractivity contribution in [3.63, 3.8) is 0 Å². The Morgan fingerprint density at radius 2 is 1.90 bits per heavy atom. The summed E-state index contributed by atoms with van der Waals surface area (Å²) in [5.74, 6) is 0.348. The molecule has 1 unspecified atom stereocenters. The van der Waals surface area contributed by atoms with E-state index in [4.69, 9.17) is 4.74 Å². The van der Waals surface area contributed by atoms with E-state index in [9.17, 15) is 9.18 Å². The lowest BCUT2D eigenvalue weighted by molar-refractivity contribution is 0.0976. The molecule has 0 aliphatic carbocycles. The minimum Gasteiger partial charge on any atom is -0.497 e. The first-order valence-electron chi connectivity index (χ1n) is 10.0. The van der Waals surface area contributed by atoms with E-state index in [0.29, 0.717) is 16.3 Å². The molecule has 1 N–H and O–H groups in total. The number of hydrogen-bond donors (Lipinski definition) is 1. The van der Waals surface area contributed by atoms with E-state index < -0.39 is 6.04 Å². The lowest BCUT2D eigenvalue weighted by Crippen LogP contribution is -2.17. The molecule has 0 spiro atoms. The van der Waals surface area contributed by atoms with Gasteiger partial charge in [-0.15, -0.1) is 0 Å². The van der Waals surface area contributed by atoms with Crippen LogP contribution >= 0.6 is 11.3 Å². The molecule has 1 aromatic heterocycles. The van der Waals surface area contributed by atoms with Crippen molar-refractivity contribution in [3.05, 3.63) is 88.7 Å². The molecule has 1 heterocycles. The number of benzene rings is 3. The summed E-state index contributed by atoms with van der Waals surface area (Å²) in [7, 11) is 1.62. The van der Waals surface area contributed by atoms with Crippen molar-refractivity contribution in [1.29, 1.82) is 0 Å². The Labute approximate surface area is 184 Å². The number of thiazole rings is 1. The molecule has 6 heteroatoms. The number of aryl methyl sites for hydroxylation is 2. The number of nitrogens with zero attached hydrogens (tertiary/aromatic N) is 1. The lowest BCUT2D eigenvalue weighted by Gasteiger charge is -2.19. The quantitative estimate of drug-likeness (QED) is 0.338. The summed E-state index contributed by atoms with van der Waals surface area (Å²) in [6.45, 7) is 3.99. The minimum atomic E-state index is -0.544. The summed E-state index contributed by atoms with van der Waals surface area (Å²) in [4.78, 5) is 17.7. The maximum absolute atomic E-state index is 14.6. The Balaban J connectivity index is 1.65. The third-order valence-electron chi connectivity index (χ3n) is 5.39. The van der Waals surface area contributed by atoms with Gasteiger partial charge in [0.2, 0.25) is 0 Å². The Morgan fingerprint density at radius 3 is 2.65 bits per heavy atom. The van der Waals surface area contributed by atoms with Crippen LogP contribution in [0, 0.1) is 19.7 Å². The summed E-state index contributed by atoms with van der Waals surface area (Å²) >= 11 is 1.45. The van der Waals surface area contributed by atoms with Crippen LogP contribution in [0.3, 0.4) is 0 Å². The Bertz CT molecular complexity index is 1250. The molecule has 0 amide bonds. The molecule has 4 nitrogen and oxygen atoms in total. The highest BCUT2D eigenvalue weighted by Gasteiger charge is 2.22. The van der Waals surface area contributed by atoms with Gasteiger partial charge in [-0.1, -0.05) is 41.7 Å². The normalized spacial score (nSPS) is 12.0. The summed E-state index contributed by atoms with van der Waals surface area (Å²) in [5, 5.41) is 3.92. The van der Waals surface area contributed by atoms with E-state index in [1.54, 1.807) is 25.3 Å². The van der Waals surface area contributed by atoms with Crippen molar-refractivity contribution in [1.82, 2.24) is 4.98 Å². The topological polar surface area (TPSA) is 51.2 Å². The molecule has 0 saturated heterocycles. The second-order valence-electron chi connectivity index (χ2n) is 7.50. The van der Waals surface area contributed by atoms with Crippen LogP contribution < -0.4 is 10.1 Å². The zero-order valence-electron chi connectivity index (χ0n) is 17.6. The van der Waals surface area contributed by atoms with Crippen molar-refractivity contribution in [2.75, 3.05) is 12.4 Å². The van der Waals surface area contributed by atoms with Crippen LogP contribution in [0.15, 0.2) is 60.7 Å². The van der Waals surface area contributed by atoms with E-state index in [2.05, 4.69) is 10.3 Å². The molecular weight excluding hydrogens is 411 g/mol. The summed E-state index contributed by atoms with van der Waals surface area (Å²) in [6, 6.07) is 17.3. The van der Waals surface area contributed by atoms with Crippen LogP contribution in [-0.4, -0.2) is 17.9 Å². The van der Waals surface area contributed by atoms with Gasteiger partial charge in [0.05, 0.1) is 23.4 Å². The maximum Gasteiger partial charge on any atom is 0.184 e. The predicted molar refractivity (Wildman–Crippen MR) is 124 cm³/mol. The molecule has 4 aromatic rings. The first kappa shape index (κ1) is 21.0. The molecule has 0 saturated carbocycles. The van der Waals surface area contributed by atoms with E-state index in [1.807, 2.05) is 50.2 Å². The smallest absolute Gasteiger partial charge is 0.184 e. The van der Waals surface area contributed by atoms with Crippen molar-refractivity contribution < 1.29 is 13.9 Å². The largest absolute Gasteiger partial charge is 0.497 e. The van der Waals surface area contributed by atoms with Gasteiger partial charge in [0.25, 0.3) is 0 Å². The number of aromatic nitrogens is 1. The second-order valence-corrected chi connectivity index (χ2v) is 8.53. The summed E-state index contributed by atoms with van der Waals surface area (Å²) in [6.07, 6.45) is 0.114. The van der Waals surface area contributed by atoms with Crippen molar-refractivity contribution in [3.8, 4) is 5.75 Å². The molecule has 0 aliphatic heterocycles. The first-order chi connectivity index (χ1) is 14.9. The zero-order chi connectivity index (χ0) is 22.0. The number of ketones is 1. The van der Waals surface area contributed by atoms with E-state index >= 15 is 0 Å². The number of halogens is 1. The summed E-state index contributed by atoms with van der Waals surface area (Å²) < 4.78 is 20.9. The fraction of sp³-hybridized carbons (Fsp3) is 0.200. The molecule has 4 rings (SSSR count). The van der Waals surface area contributed by atoms with Crippen molar-refractivity contribution in [2.24, 2.45) is 0 Å². The number of carbonyl (C=O) groups is 1. The Morgan fingerprint density at radius 1 is 1.10 bits per heavy atom. The molecule has 0 fully saturated rings. The molecule has 158 valence electrons.